The van der Waals surface area contributed by atoms with Crippen molar-refractivity contribution in [2.75, 3.05) is 40.0 Å². The molecule has 0 atom stereocenters. The zero-order valence-corrected chi connectivity index (χ0v) is 21.9. The normalized spacial score (nSPS) is 15.4. The second-order valence-electron chi connectivity index (χ2n) is 9.05. The Bertz CT molecular complexity index is 1430. The number of rotatable bonds is 8. The smallest absolute Gasteiger partial charge is 0.262 e. The zero-order valence-electron chi connectivity index (χ0n) is 21.1. The van der Waals surface area contributed by atoms with Crippen LogP contribution in [0.15, 0.2) is 34.4 Å². The summed E-state index contributed by atoms with van der Waals surface area (Å²) in [7, 11) is 1.50. The highest BCUT2D eigenvalue weighted by atomic mass is 32.1. The molecule has 12 heteroatoms. The molecule has 0 bridgehead atoms. The van der Waals surface area contributed by atoms with E-state index in [9.17, 15) is 14.4 Å². The summed E-state index contributed by atoms with van der Waals surface area (Å²) in [6, 6.07) is 5.09. The molecule has 3 heterocycles. The Balaban J connectivity index is 1.18. The lowest BCUT2D eigenvalue weighted by molar-refractivity contribution is -0.137. The van der Waals surface area contributed by atoms with Crippen LogP contribution in [-0.2, 0) is 33.7 Å². The van der Waals surface area contributed by atoms with Gasteiger partial charge in [-0.3, -0.25) is 19.0 Å². The fourth-order valence-corrected chi connectivity index (χ4v) is 5.81. The quantitative estimate of drug-likeness (QED) is 0.342. The number of hydrogen-bond acceptors (Lipinski definition) is 9. The summed E-state index contributed by atoms with van der Waals surface area (Å²) in [4.78, 5) is 45.9. The van der Waals surface area contributed by atoms with E-state index in [1.165, 1.54) is 29.1 Å². The van der Waals surface area contributed by atoms with Crippen molar-refractivity contribution in [1.29, 1.82) is 0 Å². The van der Waals surface area contributed by atoms with E-state index in [0.717, 1.165) is 36.1 Å². The Labute approximate surface area is 223 Å². The summed E-state index contributed by atoms with van der Waals surface area (Å²) >= 11 is 1.58. The average molecular weight is 540 g/mol. The molecule has 200 valence electrons. The Morgan fingerprint density at radius 2 is 2.03 bits per heavy atom. The molecule has 0 radical (unpaired) electrons. The lowest BCUT2D eigenvalue weighted by atomic mass is 9.97. The fraction of sp³-hybridized carbons (Fsp3) is 0.423. The first-order chi connectivity index (χ1) is 18.5. The van der Waals surface area contributed by atoms with Crippen molar-refractivity contribution in [2.24, 2.45) is 5.10 Å². The molecular formula is C26H29N5O6S. The number of ether oxygens (including phenoxy) is 3. The van der Waals surface area contributed by atoms with Gasteiger partial charge in [0, 0.05) is 18.0 Å². The van der Waals surface area contributed by atoms with Crippen molar-refractivity contribution in [3.63, 3.8) is 0 Å². The summed E-state index contributed by atoms with van der Waals surface area (Å²) in [5, 5.41) is 4.65. The highest BCUT2D eigenvalue weighted by Gasteiger charge is 2.21. The number of aromatic nitrogens is 2. The van der Waals surface area contributed by atoms with Crippen LogP contribution in [0.1, 0.15) is 28.8 Å². The Kier molecular flexibility index (Phi) is 7.99. The van der Waals surface area contributed by atoms with E-state index < -0.39 is 5.91 Å². The van der Waals surface area contributed by atoms with Gasteiger partial charge in [0.25, 0.3) is 17.4 Å². The number of aryl methyl sites for hydroxylation is 2. The minimum absolute atomic E-state index is 0.103. The van der Waals surface area contributed by atoms with Crippen LogP contribution in [0, 0.1) is 0 Å². The number of fused-ring (bicyclic) bond motifs is 3. The topological polar surface area (TPSA) is 124 Å². The number of methoxy groups -OCH3 is 1. The van der Waals surface area contributed by atoms with Crippen LogP contribution < -0.4 is 20.5 Å². The zero-order chi connectivity index (χ0) is 26.5. The van der Waals surface area contributed by atoms with Gasteiger partial charge in [-0.05, 0) is 55.0 Å². The minimum Gasteiger partial charge on any atom is -0.493 e. The molecule has 5 rings (SSSR count). The molecule has 3 aromatic rings. The second-order valence-corrected chi connectivity index (χ2v) is 10.1. The van der Waals surface area contributed by atoms with Gasteiger partial charge in [-0.25, -0.2) is 10.4 Å². The third-order valence-corrected chi connectivity index (χ3v) is 7.76. The Morgan fingerprint density at radius 1 is 1.21 bits per heavy atom. The van der Waals surface area contributed by atoms with Crippen molar-refractivity contribution in [1.82, 2.24) is 19.9 Å². The van der Waals surface area contributed by atoms with Gasteiger partial charge in [0.2, 0.25) is 0 Å². The molecule has 38 heavy (non-hydrogen) atoms. The third-order valence-electron chi connectivity index (χ3n) is 6.56. The molecule has 1 aliphatic heterocycles. The highest BCUT2D eigenvalue weighted by molar-refractivity contribution is 7.18. The Hall–Kier alpha value is -3.77. The lowest BCUT2D eigenvalue weighted by Gasteiger charge is -2.26. The van der Waals surface area contributed by atoms with E-state index in [2.05, 4.69) is 15.5 Å². The van der Waals surface area contributed by atoms with E-state index in [1.807, 2.05) is 0 Å². The molecular weight excluding hydrogens is 510 g/mol. The molecule has 1 aromatic carbocycles. The van der Waals surface area contributed by atoms with Crippen LogP contribution in [-0.4, -0.2) is 72.5 Å². The molecule has 1 fully saturated rings. The van der Waals surface area contributed by atoms with Crippen LogP contribution in [0.5, 0.6) is 11.5 Å². The molecule has 0 spiro atoms. The van der Waals surface area contributed by atoms with Gasteiger partial charge >= 0.3 is 0 Å². The van der Waals surface area contributed by atoms with Crippen molar-refractivity contribution in [2.45, 2.75) is 32.2 Å². The SMILES string of the molecule is COc1cc(/C=N/NC(=O)Cn2cnc3sc4c(c3c2=O)CCCC4)ccc1OCC(=O)N1CCOCC1. The number of hydrogen-bond donors (Lipinski definition) is 1. The number of nitrogens with one attached hydrogen (secondary N) is 1. The number of carbonyl (C=O) groups excluding carboxylic acids is 2. The molecule has 1 aliphatic carbocycles. The number of carbonyl (C=O) groups is 2. The number of morpholine rings is 1. The molecule has 0 saturated carbocycles. The maximum Gasteiger partial charge on any atom is 0.262 e. The molecule has 2 amide bonds. The fourth-order valence-electron chi connectivity index (χ4n) is 4.59. The predicted molar refractivity (Wildman–Crippen MR) is 142 cm³/mol. The molecule has 1 N–H and O–H groups in total. The van der Waals surface area contributed by atoms with Gasteiger partial charge in [0.1, 0.15) is 11.4 Å². The summed E-state index contributed by atoms with van der Waals surface area (Å²) < 4.78 is 17.6. The summed E-state index contributed by atoms with van der Waals surface area (Å²) in [5.74, 6) is 0.298. The molecule has 2 aliphatic rings. The minimum atomic E-state index is -0.442. The van der Waals surface area contributed by atoms with E-state index >= 15 is 0 Å². The van der Waals surface area contributed by atoms with Crippen molar-refractivity contribution < 1.29 is 23.8 Å². The first-order valence-electron chi connectivity index (χ1n) is 12.5. The number of nitrogens with zero attached hydrogens (tertiary/aromatic N) is 4. The summed E-state index contributed by atoms with van der Waals surface area (Å²) in [5.41, 5.74) is 4.00. The first kappa shape index (κ1) is 25.9. The molecule has 0 unspecified atom stereocenters. The van der Waals surface area contributed by atoms with Crippen LogP contribution in [0.3, 0.4) is 0 Å². The summed E-state index contributed by atoms with van der Waals surface area (Å²) in [6.07, 6.45) is 6.93. The standard InChI is InChI=1S/C26H29N5O6S/c1-35-20-12-17(6-7-19(20)37-15-23(33)30-8-10-36-11-9-30)13-28-29-22(32)14-31-16-27-25-24(26(31)34)18-4-2-3-5-21(18)38-25/h6-7,12-13,16H,2-5,8-11,14-15H2,1H3,(H,29,32)/b28-13+. The highest BCUT2D eigenvalue weighted by Crippen LogP contribution is 2.33. The number of hydrazone groups is 1. The molecule has 1 saturated heterocycles. The molecule has 2 aromatic heterocycles. The monoisotopic (exact) mass is 539 g/mol. The predicted octanol–water partition coefficient (Wildman–Crippen LogP) is 1.73. The van der Waals surface area contributed by atoms with Gasteiger partial charge in [0.15, 0.2) is 18.1 Å². The van der Waals surface area contributed by atoms with Gasteiger partial charge in [-0.2, -0.15) is 5.10 Å². The van der Waals surface area contributed by atoms with Gasteiger partial charge in [-0.15, -0.1) is 11.3 Å². The Morgan fingerprint density at radius 3 is 2.84 bits per heavy atom. The van der Waals surface area contributed by atoms with E-state index in [1.54, 1.807) is 34.4 Å². The van der Waals surface area contributed by atoms with Crippen molar-refractivity contribution in [3.8, 4) is 11.5 Å². The van der Waals surface area contributed by atoms with Crippen molar-refractivity contribution >= 4 is 39.6 Å². The van der Waals surface area contributed by atoms with Gasteiger partial charge in [-0.1, -0.05) is 0 Å². The van der Waals surface area contributed by atoms with Gasteiger partial charge in [0.05, 0.1) is 38.3 Å². The van der Waals surface area contributed by atoms with Crippen LogP contribution in [0.2, 0.25) is 0 Å². The van der Waals surface area contributed by atoms with E-state index in [4.69, 9.17) is 14.2 Å². The third kappa shape index (κ3) is 5.70. The lowest BCUT2D eigenvalue weighted by Crippen LogP contribution is -2.43. The maximum absolute atomic E-state index is 13.0. The van der Waals surface area contributed by atoms with E-state index in [0.29, 0.717) is 48.8 Å². The van der Waals surface area contributed by atoms with Crippen molar-refractivity contribution in [3.05, 3.63) is 50.9 Å². The maximum atomic E-state index is 13.0. The number of thiophene rings is 1. The van der Waals surface area contributed by atoms with Crippen LogP contribution >= 0.6 is 11.3 Å². The number of amides is 2. The summed E-state index contributed by atoms with van der Waals surface area (Å²) in [6.45, 7) is 1.87. The van der Waals surface area contributed by atoms with Crippen LogP contribution in [0.25, 0.3) is 10.2 Å². The average Bonchev–Trinajstić information content (AvgIpc) is 3.33. The number of benzene rings is 1. The van der Waals surface area contributed by atoms with E-state index in [-0.39, 0.29) is 24.6 Å². The molecule has 11 nitrogen and oxygen atoms in total. The van der Waals surface area contributed by atoms with Crippen LogP contribution in [0.4, 0.5) is 0 Å². The first-order valence-corrected chi connectivity index (χ1v) is 13.3. The van der Waals surface area contributed by atoms with Gasteiger partial charge < -0.3 is 19.1 Å². The second kappa shape index (κ2) is 11.7. The largest absolute Gasteiger partial charge is 0.493 e.